The first-order valence-corrected chi connectivity index (χ1v) is 8.36. The second-order valence-corrected chi connectivity index (χ2v) is 6.02. The Hall–Kier alpha value is -1.02. The molecule has 2 heteroatoms. The Morgan fingerprint density at radius 3 is 2.60 bits per heavy atom. The fraction of sp³-hybridized carbons (Fsp3) is 0.667. The summed E-state index contributed by atoms with van der Waals surface area (Å²) < 4.78 is 0. The monoisotopic (exact) mass is 274 g/mol. The van der Waals surface area contributed by atoms with Crippen LogP contribution in [0.5, 0.6) is 0 Å². The lowest BCUT2D eigenvalue weighted by Crippen LogP contribution is -2.39. The first kappa shape index (κ1) is 15.4. The fourth-order valence-electron chi connectivity index (χ4n) is 3.20. The standard InChI is InChI=1S/C18H30N2/c1-4-13-19-15(3)16-9-11-18(12-10-16)20-14-7-6-8-17(20)5-2/h9-12,15,17,19H,4-8,13-14H2,1-3H3. The van der Waals surface area contributed by atoms with E-state index in [4.69, 9.17) is 0 Å². The van der Waals surface area contributed by atoms with E-state index in [2.05, 4.69) is 55.3 Å². The molecule has 20 heavy (non-hydrogen) atoms. The molecule has 0 bridgehead atoms. The molecule has 2 nitrogen and oxygen atoms in total. The van der Waals surface area contributed by atoms with Gasteiger partial charge in [0, 0.05) is 24.3 Å². The van der Waals surface area contributed by atoms with Crippen LogP contribution in [-0.2, 0) is 0 Å². The zero-order chi connectivity index (χ0) is 14.4. The highest BCUT2D eigenvalue weighted by Gasteiger charge is 2.20. The number of anilines is 1. The van der Waals surface area contributed by atoms with Gasteiger partial charge in [0.05, 0.1) is 0 Å². The summed E-state index contributed by atoms with van der Waals surface area (Å²) in [5.74, 6) is 0. The minimum absolute atomic E-state index is 0.451. The zero-order valence-corrected chi connectivity index (χ0v) is 13.4. The van der Waals surface area contributed by atoms with Crippen molar-refractivity contribution < 1.29 is 0 Å². The van der Waals surface area contributed by atoms with Crippen LogP contribution in [0.25, 0.3) is 0 Å². The molecular formula is C18H30N2. The van der Waals surface area contributed by atoms with E-state index in [1.807, 2.05) is 0 Å². The second-order valence-electron chi connectivity index (χ2n) is 6.02. The molecule has 0 radical (unpaired) electrons. The number of nitrogens with one attached hydrogen (secondary N) is 1. The second kappa shape index (κ2) is 7.68. The van der Waals surface area contributed by atoms with Gasteiger partial charge in [-0.15, -0.1) is 0 Å². The van der Waals surface area contributed by atoms with Gasteiger partial charge in [-0.3, -0.25) is 0 Å². The van der Waals surface area contributed by atoms with Crippen LogP contribution in [0.2, 0.25) is 0 Å². The molecule has 1 aliphatic heterocycles. The summed E-state index contributed by atoms with van der Waals surface area (Å²) in [6.45, 7) is 9.09. The first-order chi connectivity index (χ1) is 9.76. The Labute approximate surface area is 124 Å². The molecule has 1 aromatic carbocycles. The quantitative estimate of drug-likeness (QED) is 0.820. The van der Waals surface area contributed by atoms with Crippen molar-refractivity contribution in [1.29, 1.82) is 0 Å². The van der Waals surface area contributed by atoms with Gasteiger partial charge in [0.25, 0.3) is 0 Å². The third-order valence-corrected chi connectivity index (χ3v) is 4.52. The van der Waals surface area contributed by atoms with Crippen LogP contribution >= 0.6 is 0 Å². The SMILES string of the molecule is CCCNC(C)c1ccc(N2CCCCC2CC)cc1. The van der Waals surface area contributed by atoms with Crippen molar-refractivity contribution in [3.63, 3.8) is 0 Å². The largest absolute Gasteiger partial charge is 0.369 e. The van der Waals surface area contributed by atoms with Gasteiger partial charge in [0.2, 0.25) is 0 Å². The summed E-state index contributed by atoms with van der Waals surface area (Å²) in [6, 6.07) is 10.4. The smallest absolute Gasteiger partial charge is 0.0368 e. The van der Waals surface area contributed by atoms with Crippen molar-refractivity contribution in [3.05, 3.63) is 29.8 Å². The third-order valence-electron chi connectivity index (χ3n) is 4.52. The molecule has 1 aliphatic rings. The molecule has 0 aliphatic carbocycles. The van der Waals surface area contributed by atoms with Gasteiger partial charge < -0.3 is 10.2 Å². The summed E-state index contributed by atoms with van der Waals surface area (Å²) >= 11 is 0. The fourth-order valence-corrected chi connectivity index (χ4v) is 3.20. The lowest BCUT2D eigenvalue weighted by molar-refractivity contribution is 0.450. The van der Waals surface area contributed by atoms with Gasteiger partial charge in [0.15, 0.2) is 0 Å². The van der Waals surface area contributed by atoms with Gasteiger partial charge in [-0.25, -0.2) is 0 Å². The molecule has 0 spiro atoms. The molecule has 112 valence electrons. The van der Waals surface area contributed by atoms with E-state index in [1.165, 1.54) is 49.9 Å². The average Bonchev–Trinajstić information content (AvgIpc) is 2.52. The van der Waals surface area contributed by atoms with Crippen LogP contribution in [-0.4, -0.2) is 19.1 Å². The Kier molecular flexibility index (Phi) is 5.90. The molecule has 1 aromatic rings. The van der Waals surface area contributed by atoms with Crippen molar-refractivity contribution in [1.82, 2.24) is 5.32 Å². The third kappa shape index (κ3) is 3.76. The Morgan fingerprint density at radius 1 is 1.20 bits per heavy atom. The predicted molar refractivity (Wildman–Crippen MR) is 88.4 cm³/mol. The maximum Gasteiger partial charge on any atom is 0.0368 e. The molecule has 2 unspecified atom stereocenters. The number of piperidine rings is 1. The van der Waals surface area contributed by atoms with Crippen LogP contribution in [0.4, 0.5) is 5.69 Å². The summed E-state index contributed by atoms with van der Waals surface area (Å²) in [4.78, 5) is 2.61. The number of hydrogen-bond acceptors (Lipinski definition) is 2. The number of benzene rings is 1. The predicted octanol–water partition coefficient (Wildman–Crippen LogP) is 4.52. The van der Waals surface area contributed by atoms with E-state index in [0.717, 1.165) is 12.6 Å². The lowest BCUT2D eigenvalue weighted by Gasteiger charge is -2.37. The highest BCUT2D eigenvalue weighted by molar-refractivity contribution is 5.49. The number of hydrogen-bond donors (Lipinski definition) is 1. The van der Waals surface area contributed by atoms with E-state index in [-0.39, 0.29) is 0 Å². The Bertz CT molecular complexity index is 385. The molecule has 0 amide bonds. The number of rotatable bonds is 6. The van der Waals surface area contributed by atoms with Gasteiger partial charge in [-0.05, 0) is 63.3 Å². The summed E-state index contributed by atoms with van der Waals surface area (Å²) in [5, 5.41) is 3.55. The molecule has 0 saturated carbocycles. The summed E-state index contributed by atoms with van der Waals surface area (Å²) in [7, 11) is 0. The van der Waals surface area contributed by atoms with Crippen LogP contribution in [0.15, 0.2) is 24.3 Å². The van der Waals surface area contributed by atoms with Crippen LogP contribution in [0.1, 0.15) is 64.5 Å². The Balaban J connectivity index is 2.03. The lowest BCUT2D eigenvalue weighted by atomic mass is 9.98. The minimum Gasteiger partial charge on any atom is -0.369 e. The first-order valence-electron chi connectivity index (χ1n) is 8.36. The van der Waals surface area contributed by atoms with E-state index in [0.29, 0.717) is 6.04 Å². The minimum atomic E-state index is 0.451. The molecule has 1 fully saturated rings. The van der Waals surface area contributed by atoms with Gasteiger partial charge in [0.1, 0.15) is 0 Å². The van der Waals surface area contributed by atoms with Crippen LogP contribution < -0.4 is 10.2 Å². The van der Waals surface area contributed by atoms with Crippen LogP contribution in [0.3, 0.4) is 0 Å². The van der Waals surface area contributed by atoms with E-state index < -0.39 is 0 Å². The van der Waals surface area contributed by atoms with E-state index in [9.17, 15) is 0 Å². The highest BCUT2D eigenvalue weighted by atomic mass is 15.2. The van der Waals surface area contributed by atoms with Gasteiger partial charge in [-0.1, -0.05) is 26.0 Å². The van der Waals surface area contributed by atoms with E-state index in [1.54, 1.807) is 0 Å². The molecule has 1 heterocycles. The highest BCUT2D eigenvalue weighted by Crippen LogP contribution is 2.27. The summed E-state index contributed by atoms with van der Waals surface area (Å²) in [6.07, 6.45) is 6.54. The van der Waals surface area contributed by atoms with Gasteiger partial charge in [-0.2, -0.15) is 0 Å². The molecular weight excluding hydrogens is 244 g/mol. The van der Waals surface area contributed by atoms with Crippen molar-refractivity contribution in [2.45, 2.75) is 65.0 Å². The maximum atomic E-state index is 3.55. The normalized spacial score (nSPS) is 20.9. The average molecular weight is 274 g/mol. The zero-order valence-electron chi connectivity index (χ0n) is 13.4. The van der Waals surface area contributed by atoms with Gasteiger partial charge >= 0.3 is 0 Å². The topological polar surface area (TPSA) is 15.3 Å². The summed E-state index contributed by atoms with van der Waals surface area (Å²) in [5.41, 5.74) is 2.80. The van der Waals surface area contributed by atoms with Crippen molar-refractivity contribution in [2.24, 2.45) is 0 Å². The van der Waals surface area contributed by atoms with E-state index >= 15 is 0 Å². The number of nitrogens with zero attached hydrogens (tertiary/aromatic N) is 1. The molecule has 2 atom stereocenters. The molecule has 2 rings (SSSR count). The van der Waals surface area contributed by atoms with Crippen molar-refractivity contribution in [3.8, 4) is 0 Å². The molecule has 1 saturated heterocycles. The molecule has 0 aromatic heterocycles. The van der Waals surface area contributed by atoms with Crippen molar-refractivity contribution in [2.75, 3.05) is 18.0 Å². The Morgan fingerprint density at radius 2 is 1.95 bits per heavy atom. The molecule has 1 N–H and O–H groups in total. The van der Waals surface area contributed by atoms with Crippen molar-refractivity contribution >= 4 is 5.69 Å². The maximum absolute atomic E-state index is 3.55. The van der Waals surface area contributed by atoms with Crippen LogP contribution in [0, 0.1) is 0 Å².